The number of hydrogen-bond donors (Lipinski definition) is 1. The second-order valence-electron chi connectivity index (χ2n) is 4.75. The number of nitro benzene ring substituents is 1. The average Bonchev–Trinajstić information content (AvgIpc) is 2.98. The molecule has 0 aromatic heterocycles. The van der Waals surface area contributed by atoms with Gasteiger partial charge in [-0.3, -0.25) is 14.9 Å². The van der Waals surface area contributed by atoms with E-state index in [0.29, 0.717) is 12.1 Å². The van der Waals surface area contributed by atoms with Gasteiger partial charge in [0.1, 0.15) is 17.9 Å². The second kappa shape index (κ2) is 4.57. The Balaban J connectivity index is 2.17. The molecule has 1 aromatic carbocycles. The van der Waals surface area contributed by atoms with E-state index in [1.54, 1.807) is 23.2 Å². The summed E-state index contributed by atoms with van der Waals surface area (Å²) in [6.45, 7) is 0.376. The fourth-order valence-corrected chi connectivity index (χ4v) is 2.80. The van der Waals surface area contributed by atoms with Crippen LogP contribution in [-0.2, 0) is 4.79 Å². The van der Waals surface area contributed by atoms with Gasteiger partial charge in [0.05, 0.1) is 16.1 Å². The van der Waals surface area contributed by atoms with Gasteiger partial charge in [-0.25, -0.2) is 5.01 Å². The zero-order valence-electron chi connectivity index (χ0n) is 10.9. The van der Waals surface area contributed by atoms with E-state index in [1.807, 2.05) is 6.07 Å². The molecule has 2 aliphatic heterocycles. The molecular weight excluding hydrogens is 274 g/mol. The number of hydrazine groups is 1. The molecule has 8 heteroatoms. The summed E-state index contributed by atoms with van der Waals surface area (Å²) in [5.41, 5.74) is 6.30. The van der Waals surface area contributed by atoms with Gasteiger partial charge in [0, 0.05) is 19.0 Å². The van der Waals surface area contributed by atoms with Crippen LogP contribution in [0.15, 0.2) is 35.7 Å². The van der Waals surface area contributed by atoms with Gasteiger partial charge < -0.3 is 5.73 Å². The van der Waals surface area contributed by atoms with Crippen LogP contribution in [0.1, 0.15) is 18.0 Å². The van der Waals surface area contributed by atoms with Crippen LogP contribution in [0, 0.1) is 21.4 Å². The first-order valence-corrected chi connectivity index (χ1v) is 6.29. The van der Waals surface area contributed by atoms with Gasteiger partial charge in [-0.15, -0.1) is 0 Å². The molecule has 1 amide bonds. The first-order valence-electron chi connectivity index (χ1n) is 6.29. The molecule has 1 atom stereocenters. The first kappa shape index (κ1) is 13.1. The summed E-state index contributed by atoms with van der Waals surface area (Å²) >= 11 is 0. The Morgan fingerprint density at radius 3 is 2.81 bits per heavy atom. The zero-order chi connectivity index (χ0) is 15.1. The molecule has 0 spiro atoms. The lowest BCUT2D eigenvalue weighted by molar-refractivity contribution is -0.386. The van der Waals surface area contributed by atoms with Gasteiger partial charge in [0.2, 0.25) is 5.91 Å². The molecule has 106 valence electrons. The van der Waals surface area contributed by atoms with Crippen LogP contribution in [-0.4, -0.2) is 27.4 Å². The van der Waals surface area contributed by atoms with Crippen LogP contribution in [0.3, 0.4) is 0 Å². The minimum Gasteiger partial charge on any atom is -0.383 e. The van der Waals surface area contributed by atoms with Crippen molar-refractivity contribution < 1.29 is 9.72 Å². The molecule has 2 aliphatic rings. The summed E-state index contributed by atoms with van der Waals surface area (Å²) in [5, 5.41) is 23.4. The number of carbonyl (C=O) groups is 1. The number of amides is 1. The number of nitrogens with zero attached hydrogens (tertiary/aromatic N) is 4. The van der Waals surface area contributed by atoms with Crippen molar-refractivity contribution >= 4 is 11.6 Å². The van der Waals surface area contributed by atoms with Crippen LogP contribution in [0.4, 0.5) is 5.69 Å². The van der Waals surface area contributed by atoms with E-state index in [9.17, 15) is 20.2 Å². The number of benzene rings is 1. The lowest BCUT2D eigenvalue weighted by Gasteiger charge is -2.25. The molecule has 0 radical (unpaired) electrons. The van der Waals surface area contributed by atoms with Gasteiger partial charge in [-0.05, 0) is 0 Å². The van der Waals surface area contributed by atoms with Crippen molar-refractivity contribution in [3.8, 4) is 6.07 Å². The van der Waals surface area contributed by atoms with Crippen LogP contribution < -0.4 is 5.73 Å². The quantitative estimate of drug-likeness (QED) is 0.634. The topological polar surface area (TPSA) is 116 Å². The van der Waals surface area contributed by atoms with Crippen molar-refractivity contribution in [2.45, 2.75) is 12.5 Å². The fraction of sp³-hybridized carbons (Fsp3) is 0.231. The Labute approximate surface area is 119 Å². The minimum absolute atomic E-state index is 0.0585. The van der Waals surface area contributed by atoms with E-state index in [-0.39, 0.29) is 29.4 Å². The summed E-state index contributed by atoms with van der Waals surface area (Å²) in [7, 11) is 0. The van der Waals surface area contributed by atoms with E-state index in [2.05, 4.69) is 0 Å². The number of hydrogen-bond acceptors (Lipinski definition) is 6. The summed E-state index contributed by atoms with van der Waals surface area (Å²) < 4.78 is 0. The number of nitriles is 1. The van der Waals surface area contributed by atoms with Crippen molar-refractivity contribution in [1.29, 1.82) is 5.26 Å². The highest BCUT2D eigenvalue weighted by Gasteiger charge is 2.47. The molecule has 1 aromatic rings. The Morgan fingerprint density at radius 2 is 2.14 bits per heavy atom. The van der Waals surface area contributed by atoms with E-state index in [4.69, 9.17) is 5.73 Å². The lowest BCUT2D eigenvalue weighted by Crippen LogP contribution is -2.37. The van der Waals surface area contributed by atoms with E-state index >= 15 is 0 Å². The van der Waals surface area contributed by atoms with Crippen molar-refractivity contribution in [3.63, 3.8) is 0 Å². The summed E-state index contributed by atoms with van der Waals surface area (Å²) in [6, 6.07) is 7.46. The van der Waals surface area contributed by atoms with Crippen LogP contribution in [0.2, 0.25) is 0 Å². The zero-order valence-corrected chi connectivity index (χ0v) is 10.9. The SMILES string of the molecule is N#CC1=C(N)N2C(=O)CCN2[C@@H]1c1ccccc1[N+](=O)[O-]. The minimum atomic E-state index is -0.692. The van der Waals surface area contributed by atoms with Crippen molar-refractivity contribution in [2.75, 3.05) is 6.54 Å². The number of para-hydroxylation sites is 1. The van der Waals surface area contributed by atoms with E-state index in [1.165, 1.54) is 11.1 Å². The highest BCUT2D eigenvalue weighted by molar-refractivity contribution is 5.81. The van der Waals surface area contributed by atoms with Crippen LogP contribution in [0.5, 0.6) is 0 Å². The summed E-state index contributed by atoms with van der Waals surface area (Å²) in [5.74, 6) is -0.149. The molecule has 1 saturated heterocycles. The van der Waals surface area contributed by atoms with Gasteiger partial charge in [-0.1, -0.05) is 18.2 Å². The predicted molar refractivity (Wildman–Crippen MR) is 70.8 cm³/mol. The first-order chi connectivity index (χ1) is 10.1. The lowest BCUT2D eigenvalue weighted by atomic mass is 9.98. The maximum absolute atomic E-state index is 11.9. The van der Waals surface area contributed by atoms with Crippen LogP contribution >= 0.6 is 0 Å². The maximum atomic E-state index is 11.9. The molecule has 0 saturated carbocycles. The number of fused-ring (bicyclic) bond motifs is 1. The molecule has 2 heterocycles. The molecule has 3 rings (SSSR count). The number of nitrogens with two attached hydrogens (primary N) is 1. The predicted octanol–water partition coefficient (Wildman–Crippen LogP) is 0.793. The van der Waals surface area contributed by atoms with Crippen LogP contribution in [0.25, 0.3) is 0 Å². The number of rotatable bonds is 2. The second-order valence-corrected chi connectivity index (χ2v) is 4.75. The van der Waals surface area contributed by atoms with Crippen molar-refractivity contribution in [2.24, 2.45) is 5.73 Å². The fourth-order valence-electron chi connectivity index (χ4n) is 2.80. The van der Waals surface area contributed by atoms with Gasteiger partial charge in [0.25, 0.3) is 5.69 Å². The monoisotopic (exact) mass is 285 g/mol. The smallest absolute Gasteiger partial charge is 0.274 e. The third-order valence-corrected chi connectivity index (χ3v) is 3.67. The Kier molecular flexibility index (Phi) is 2.85. The van der Waals surface area contributed by atoms with E-state index in [0.717, 1.165) is 0 Å². The normalized spacial score (nSPS) is 21.6. The number of nitro groups is 1. The molecule has 0 aliphatic carbocycles. The highest BCUT2D eigenvalue weighted by Crippen LogP contribution is 2.43. The molecular formula is C13H11N5O3. The largest absolute Gasteiger partial charge is 0.383 e. The molecule has 8 nitrogen and oxygen atoms in total. The highest BCUT2D eigenvalue weighted by atomic mass is 16.6. The summed E-state index contributed by atoms with van der Waals surface area (Å²) in [6.07, 6.45) is 0.274. The van der Waals surface area contributed by atoms with E-state index < -0.39 is 11.0 Å². The third-order valence-electron chi connectivity index (χ3n) is 3.67. The standard InChI is InChI=1S/C13H11N5O3/c14-7-9-12(8-3-1-2-4-10(8)18(20)21)16-6-5-11(19)17(16)13(9)15/h1-4,12H,5-6,15H2/t12-/m1/s1. The Bertz CT molecular complexity index is 721. The number of carbonyl (C=O) groups excluding carboxylic acids is 1. The summed E-state index contributed by atoms with van der Waals surface area (Å²) in [4.78, 5) is 22.5. The van der Waals surface area contributed by atoms with Gasteiger partial charge in [0.15, 0.2) is 0 Å². The molecule has 1 fully saturated rings. The maximum Gasteiger partial charge on any atom is 0.274 e. The van der Waals surface area contributed by atoms with Gasteiger partial charge >= 0.3 is 0 Å². The molecule has 0 bridgehead atoms. The molecule has 21 heavy (non-hydrogen) atoms. The van der Waals surface area contributed by atoms with Crippen molar-refractivity contribution in [1.82, 2.24) is 10.0 Å². The molecule has 0 unspecified atom stereocenters. The molecule has 2 N–H and O–H groups in total. The van der Waals surface area contributed by atoms with Gasteiger partial charge in [-0.2, -0.15) is 10.3 Å². The Hall–Kier alpha value is -2.92. The van der Waals surface area contributed by atoms with Crippen molar-refractivity contribution in [3.05, 3.63) is 51.3 Å². The average molecular weight is 285 g/mol. The Morgan fingerprint density at radius 1 is 1.43 bits per heavy atom. The third kappa shape index (κ3) is 1.75.